The fraction of sp³-hybridized carbons (Fsp3) is 0.476. The molecular formula is C21H25ClF3IN6O3. The molecule has 1 saturated heterocycles. The molecule has 35 heavy (non-hydrogen) atoms. The van der Waals surface area contributed by atoms with Crippen molar-refractivity contribution < 1.29 is 27.6 Å². The van der Waals surface area contributed by atoms with E-state index < -0.39 is 17.9 Å². The highest BCUT2D eigenvalue weighted by Gasteiger charge is 2.39. The van der Waals surface area contributed by atoms with Crippen molar-refractivity contribution in [2.75, 3.05) is 45.2 Å². The van der Waals surface area contributed by atoms with Gasteiger partial charge in [0, 0.05) is 53.9 Å². The number of anilines is 1. The minimum atomic E-state index is -4.69. The smallest absolute Gasteiger partial charge is 0.368 e. The molecule has 3 rings (SSSR count). The topological polar surface area (TPSA) is 82.9 Å². The quantitative estimate of drug-likeness (QED) is 0.288. The number of halogens is 5. The lowest BCUT2D eigenvalue weighted by Gasteiger charge is -2.36. The summed E-state index contributed by atoms with van der Waals surface area (Å²) >= 11 is 7.75. The van der Waals surface area contributed by atoms with E-state index in [0.717, 1.165) is 15.4 Å². The van der Waals surface area contributed by atoms with Crippen LogP contribution >= 0.6 is 34.2 Å². The number of urea groups is 1. The van der Waals surface area contributed by atoms with E-state index in [4.69, 9.17) is 16.4 Å². The number of alkyl halides is 4. The summed E-state index contributed by atoms with van der Waals surface area (Å²) in [5.41, 5.74) is -0.0257. The summed E-state index contributed by atoms with van der Waals surface area (Å²) in [6.45, 7) is 1.37. The lowest BCUT2D eigenvalue weighted by Crippen LogP contribution is -2.49. The molecule has 0 bridgehead atoms. The molecule has 14 heteroatoms. The number of hydroxylamine groups is 2. The van der Waals surface area contributed by atoms with Crippen LogP contribution in [0.2, 0.25) is 5.02 Å². The first-order valence-electron chi connectivity index (χ1n) is 10.6. The van der Waals surface area contributed by atoms with E-state index in [1.807, 2.05) is 34.7 Å². The van der Waals surface area contributed by atoms with Crippen molar-refractivity contribution in [3.05, 3.63) is 46.2 Å². The summed E-state index contributed by atoms with van der Waals surface area (Å²) in [5, 5.41) is 7.76. The van der Waals surface area contributed by atoms with Crippen molar-refractivity contribution in [1.29, 1.82) is 0 Å². The van der Waals surface area contributed by atoms with Crippen LogP contribution in [0, 0.1) is 0 Å². The largest absolute Gasteiger partial charge is 0.435 e. The Morgan fingerprint density at radius 2 is 1.83 bits per heavy atom. The van der Waals surface area contributed by atoms with Crippen molar-refractivity contribution >= 4 is 51.8 Å². The Labute approximate surface area is 219 Å². The highest BCUT2D eigenvalue weighted by atomic mass is 127. The van der Waals surface area contributed by atoms with E-state index in [1.165, 1.54) is 14.2 Å². The first-order chi connectivity index (χ1) is 16.5. The van der Waals surface area contributed by atoms with Crippen LogP contribution in [0.3, 0.4) is 0 Å². The predicted molar refractivity (Wildman–Crippen MR) is 132 cm³/mol. The first-order valence-corrected chi connectivity index (χ1v) is 12.5. The summed E-state index contributed by atoms with van der Waals surface area (Å²) in [6.07, 6.45) is -4.69. The van der Waals surface area contributed by atoms with E-state index >= 15 is 0 Å². The number of carbonyl (C=O) groups is 2. The molecule has 1 fully saturated rings. The van der Waals surface area contributed by atoms with Crippen LogP contribution in [0.15, 0.2) is 24.3 Å². The number of rotatable bonds is 7. The zero-order valence-corrected chi connectivity index (χ0v) is 22.0. The van der Waals surface area contributed by atoms with Crippen molar-refractivity contribution in [2.24, 2.45) is 0 Å². The molecule has 0 unspecified atom stereocenters. The normalized spacial score (nSPS) is 14.3. The highest BCUT2D eigenvalue weighted by molar-refractivity contribution is 14.1. The Balaban J connectivity index is 1.74. The fourth-order valence-corrected chi connectivity index (χ4v) is 4.61. The number of nitrogens with one attached hydrogen (secondary N) is 1. The van der Waals surface area contributed by atoms with Crippen molar-refractivity contribution in [2.45, 2.75) is 23.7 Å². The van der Waals surface area contributed by atoms with Crippen molar-refractivity contribution in [1.82, 2.24) is 25.1 Å². The van der Waals surface area contributed by atoms with Crippen LogP contribution in [-0.4, -0.2) is 72.0 Å². The van der Waals surface area contributed by atoms with Crippen LogP contribution in [0.25, 0.3) is 0 Å². The second kappa shape index (κ2) is 11.6. The zero-order valence-electron chi connectivity index (χ0n) is 19.1. The number of nitrogens with zero attached hydrogens (tertiary/aromatic N) is 5. The molecule has 3 amide bonds. The number of carbonyl (C=O) groups excluding carboxylic acids is 2. The molecule has 0 radical (unpaired) electrons. The predicted octanol–water partition coefficient (Wildman–Crippen LogP) is 3.54. The molecule has 1 aliphatic rings. The molecule has 1 aromatic carbocycles. The highest BCUT2D eigenvalue weighted by Crippen LogP contribution is 2.34. The molecule has 2 aromatic rings. The van der Waals surface area contributed by atoms with E-state index in [0.29, 0.717) is 31.2 Å². The Morgan fingerprint density at radius 3 is 2.37 bits per heavy atom. The van der Waals surface area contributed by atoms with Crippen LogP contribution in [0.4, 0.5) is 23.7 Å². The molecule has 2 heterocycles. The van der Waals surface area contributed by atoms with Gasteiger partial charge in [-0.2, -0.15) is 18.3 Å². The van der Waals surface area contributed by atoms with Gasteiger partial charge in [-0.25, -0.2) is 9.86 Å². The number of benzene rings is 1. The molecule has 1 aromatic heterocycles. The van der Waals surface area contributed by atoms with Crippen LogP contribution in [0.5, 0.6) is 0 Å². The summed E-state index contributed by atoms with van der Waals surface area (Å²) in [5.74, 6) is -0.349. The maximum Gasteiger partial charge on any atom is 0.435 e. The third kappa shape index (κ3) is 6.70. The van der Waals surface area contributed by atoms with Crippen LogP contribution in [-0.2, 0) is 33.3 Å². The fourth-order valence-electron chi connectivity index (χ4n) is 3.68. The SMILES string of the molecule is CON(C)C(=O)NCc1c(CI)c(C(F)(F)F)nn1CC(=O)N1CCN(c2ccc(Cl)cc2)CC1. The van der Waals surface area contributed by atoms with Crippen molar-refractivity contribution in [3.63, 3.8) is 0 Å². The minimum absolute atomic E-state index is 0.00583. The maximum absolute atomic E-state index is 13.6. The van der Waals surface area contributed by atoms with Gasteiger partial charge in [0.2, 0.25) is 5.91 Å². The average Bonchev–Trinajstić information content (AvgIpc) is 3.20. The van der Waals surface area contributed by atoms with Gasteiger partial charge >= 0.3 is 12.2 Å². The summed E-state index contributed by atoms with van der Waals surface area (Å²) in [6, 6.07) is 6.74. The minimum Gasteiger partial charge on any atom is -0.368 e. The summed E-state index contributed by atoms with van der Waals surface area (Å²) in [7, 11) is 2.65. The third-order valence-corrected chi connectivity index (χ3v) is 6.66. The van der Waals surface area contributed by atoms with E-state index in [9.17, 15) is 22.8 Å². The van der Waals surface area contributed by atoms with Crippen LogP contribution in [0.1, 0.15) is 17.0 Å². The van der Waals surface area contributed by atoms with E-state index in [-0.39, 0.29) is 34.7 Å². The van der Waals surface area contributed by atoms with Gasteiger partial charge in [0.05, 0.1) is 19.3 Å². The van der Waals surface area contributed by atoms with Gasteiger partial charge in [0.25, 0.3) is 0 Å². The molecule has 1 N–H and O–H groups in total. The third-order valence-electron chi connectivity index (χ3n) is 5.64. The molecule has 0 saturated carbocycles. The molecular weight excluding hydrogens is 604 g/mol. The van der Waals surface area contributed by atoms with Gasteiger partial charge < -0.3 is 15.1 Å². The number of aromatic nitrogens is 2. The molecule has 192 valence electrons. The molecule has 1 aliphatic heterocycles. The number of hydrogen-bond acceptors (Lipinski definition) is 5. The lowest BCUT2D eigenvalue weighted by atomic mass is 10.2. The van der Waals surface area contributed by atoms with Gasteiger partial charge in [0.1, 0.15) is 6.54 Å². The summed E-state index contributed by atoms with van der Waals surface area (Å²) < 4.78 is 41.9. The second-order valence-electron chi connectivity index (χ2n) is 7.75. The number of amides is 3. The lowest BCUT2D eigenvalue weighted by molar-refractivity contribution is -0.142. The Bertz CT molecular complexity index is 1040. The Morgan fingerprint density at radius 1 is 1.20 bits per heavy atom. The monoisotopic (exact) mass is 628 g/mol. The average molecular weight is 629 g/mol. The van der Waals surface area contributed by atoms with Gasteiger partial charge in [0.15, 0.2) is 5.69 Å². The Hall–Kier alpha value is -2.26. The number of hydrogen-bond donors (Lipinski definition) is 1. The van der Waals surface area contributed by atoms with Gasteiger partial charge in [-0.15, -0.1) is 0 Å². The Kier molecular flexibility index (Phi) is 9.10. The molecule has 9 nitrogen and oxygen atoms in total. The molecule has 0 atom stereocenters. The van der Waals surface area contributed by atoms with Gasteiger partial charge in [-0.3, -0.25) is 14.3 Å². The van der Waals surface area contributed by atoms with Gasteiger partial charge in [-0.05, 0) is 24.3 Å². The molecule has 0 aliphatic carbocycles. The first kappa shape index (κ1) is 27.3. The maximum atomic E-state index is 13.6. The second-order valence-corrected chi connectivity index (χ2v) is 8.95. The standard InChI is InChI=1S/C21H25ClF3IN6O3/c1-29(35-2)20(34)27-12-17-16(11-26)19(21(23,24)25)28-32(17)13-18(33)31-9-7-30(8-10-31)15-5-3-14(22)4-6-15/h3-6H,7-13H2,1-2H3,(H,27,34). The zero-order chi connectivity index (χ0) is 25.8. The summed E-state index contributed by atoms with van der Waals surface area (Å²) in [4.78, 5) is 33.5. The van der Waals surface area contributed by atoms with Crippen molar-refractivity contribution in [3.8, 4) is 0 Å². The van der Waals surface area contributed by atoms with E-state index in [2.05, 4.69) is 15.3 Å². The van der Waals surface area contributed by atoms with Gasteiger partial charge in [-0.1, -0.05) is 34.2 Å². The molecule has 0 spiro atoms. The van der Waals surface area contributed by atoms with E-state index in [1.54, 1.807) is 17.0 Å². The number of piperazine rings is 1. The van der Waals surface area contributed by atoms with Crippen LogP contribution < -0.4 is 10.2 Å².